The van der Waals surface area contributed by atoms with Crippen LogP contribution in [0.5, 0.6) is 11.5 Å². The molecule has 1 aromatic carbocycles. The van der Waals surface area contributed by atoms with Crippen molar-refractivity contribution in [2.24, 2.45) is 0 Å². The van der Waals surface area contributed by atoms with Crippen LogP contribution < -0.4 is 14.8 Å². The lowest BCUT2D eigenvalue weighted by atomic mass is 10.3. The first kappa shape index (κ1) is 17.9. The van der Waals surface area contributed by atoms with Crippen LogP contribution in [0.2, 0.25) is 0 Å². The molecule has 0 fully saturated rings. The van der Waals surface area contributed by atoms with Crippen LogP contribution in [0.3, 0.4) is 0 Å². The normalized spacial score (nSPS) is 10.5. The highest BCUT2D eigenvalue weighted by atomic mass is 32.1. The molecule has 2 aromatic heterocycles. The molecule has 0 aliphatic heterocycles. The summed E-state index contributed by atoms with van der Waals surface area (Å²) < 4.78 is 16.2. The maximum atomic E-state index is 11.9. The monoisotopic (exact) mass is 373 g/mol. The summed E-state index contributed by atoms with van der Waals surface area (Å²) in [5.74, 6) is 2.35. The molecule has 0 radical (unpaired) electrons. The SMILES string of the molecule is COc1ccc(OCCNC(=O)CCc2nnc(-c3ccsc3)o2)cc1. The number of aromatic nitrogens is 2. The minimum Gasteiger partial charge on any atom is -0.497 e. The van der Waals surface area contributed by atoms with E-state index in [-0.39, 0.29) is 12.3 Å². The van der Waals surface area contributed by atoms with Crippen LogP contribution in [-0.2, 0) is 11.2 Å². The van der Waals surface area contributed by atoms with Gasteiger partial charge in [0.05, 0.1) is 13.7 Å². The molecule has 7 nitrogen and oxygen atoms in total. The third-order valence-electron chi connectivity index (χ3n) is 3.55. The third kappa shape index (κ3) is 5.06. The minimum absolute atomic E-state index is 0.0846. The van der Waals surface area contributed by atoms with Crippen molar-refractivity contribution < 1.29 is 18.7 Å². The average molecular weight is 373 g/mol. The number of carbonyl (C=O) groups is 1. The van der Waals surface area contributed by atoms with Crippen LogP contribution in [0, 0.1) is 0 Å². The van der Waals surface area contributed by atoms with Crippen molar-refractivity contribution in [3.05, 3.63) is 47.0 Å². The van der Waals surface area contributed by atoms with Gasteiger partial charge < -0.3 is 19.2 Å². The van der Waals surface area contributed by atoms with Gasteiger partial charge in [0.1, 0.15) is 18.1 Å². The molecule has 0 saturated heterocycles. The maximum absolute atomic E-state index is 11.9. The van der Waals surface area contributed by atoms with Crippen molar-refractivity contribution in [2.75, 3.05) is 20.3 Å². The van der Waals surface area contributed by atoms with E-state index in [1.165, 1.54) is 0 Å². The molecule has 0 atom stereocenters. The van der Waals surface area contributed by atoms with Gasteiger partial charge in [0.2, 0.25) is 17.7 Å². The molecule has 136 valence electrons. The first-order valence-corrected chi connectivity index (χ1v) is 9.07. The zero-order chi connectivity index (χ0) is 18.2. The van der Waals surface area contributed by atoms with Crippen LogP contribution >= 0.6 is 11.3 Å². The number of thiophene rings is 1. The predicted octanol–water partition coefficient (Wildman–Crippen LogP) is 2.93. The smallest absolute Gasteiger partial charge is 0.248 e. The molecule has 1 amide bonds. The first-order valence-electron chi connectivity index (χ1n) is 8.13. The van der Waals surface area contributed by atoms with Gasteiger partial charge >= 0.3 is 0 Å². The van der Waals surface area contributed by atoms with Crippen LogP contribution in [0.15, 0.2) is 45.5 Å². The highest BCUT2D eigenvalue weighted by Gasteiger charge is 2.10. The average Bonchev–Trinajstić information content (AvgIpc) is 3.35. The molecule has 26 heavy (non-hydrogen) atoms. The largest absolute Gasteiger partial charge is 0.497 e. The van der Waals surface area contributed by atoms with Gasteiger partial charge in [-0.3, -0.25) is 4.79 Å². The lowest BCUT2D eigenvalue weighted by Gasteiger charge is -2.08. The van der Waals surface area contributed by atoms with Crippen LogP contribution in [-0.4, -0.2) is 36.4 Å². The van der Waals surface area contributed by atoms with Gasteiger partial charge in [-0.1, -0.05) is 0 Å². The topological polar surface area (TPSA) is 86.5 Å². The Labute approximate surface area is 155 Å². The second-order valence-corrected chi connectivity index (χ2v) is 6.17. The number of amides is 1. The number of benzene rings is 1. The van der Waals surface area contributed by atoms with Gasteiger partial charge in [-0.25, -0.2) is 0 Å². The Morgan fingerprint density at radius 3 is 2.73 bits per heavy atom. The van der Waals surface area contributed by atoms with Gasteiger partial charge in [-0.2, -0.15) is 11.3 Å². The lowest BCUT2D eigenvalue weighted by Crippen LogP contribution is -2.28. The van der Waals surface area contributed by atoms with Crippen molar-refractivity contribution in [2.45, 2.75) is 12.8 Å². The molecule has 0 bridgehead atoms. The molecule has 0 spiro atoms. The van der Waals surface area contributed by atoms with E-state index in [1.54, 1.807) is 18.4 Å². The molecule has 1 N–H and O–H groups in total. The fraction of sp³-hybridized carbons (Fsp3) is 0.278. The predicted molar refractivity (Wildman–Crippen MR) is 97.4 cm³/mol. The van der Waals surface area contributed by atoms with Crippen molar-refractivity contribution in [1.29, 1.82) is 0 Å². The van der Waals surface area contributed by atoms with Crippen molar-refractivity contribution >= 4 is 17.2 Å². The summed E-state index contributed by atoms with van der Waals surface area (Å²) in [7, 11) is 1.61. The van der Waals surface area contributed by atoms with Crippen LogP contribution in [0.25, 0.3) is 11.5 Å². The minimum atomic E-state index is -0.0846. The zero-order valence-electron chi connectivity index (χ0n) is 14.3. The fourth-order valence-corrected chi connectivity index (χ4v) is 2.83. The van der Waals surface area contributed by atoms with E-state index in [0.717, 1.165) is 17.1 Å². The fourth-order valence-electron chi connectivity index (χ4n) is 2.20. The van der Waals surface area contributed by atoms with Gasteiger partial charge in [0, 0.05) is 23.8 Å². The number of nitrogens with zero attached hydrogens (tertiary/aromatic N) is 2. The molecule has 3 aromatic rings. The van der Waals surface area contributed by atoms with Gasteiger partial charge in [0.15, 0.2) is 0 Å². The Kier molecular flexibility index (Phi) is 6.21. The number of hydrogen-bond acceptors (Lipinski definition) is 7. The molecule has 8 heteroatoms. The molecule has 3 rings (SSSR count). The van der Waals surface area contributed by atoms with E-state index in [2.05, 4.69) is 15.5 Å². The van der Waals surface area contributed by atoms with E-state index in [0.29, 0.717) is 31.4 Å². The summed E-state index contributed by atoms with van der Waals surface area (Å²) in [6, 6.07) is 9.20. The molecular weight excluding hydrogens is 354 g/mol. The standard InChI is InChI=1S/C18H19N3O4S/c1-23-14-2-4-15(5-3-14)24-10-9-19-16(22)6-7-17-20-21-18(25-17)13-8-11-26-12-13/h2-5,8,11-12H,6-7,9-10H2,1H3,(H,19,22). The molecular formula is C18H19N3O4S. The van der Waals surface area contributed by atoms with Crippen LogP contribution in [0.4, 0.5) is 0 Å². The Balaban J connectivity index is 1.34. The molecule has 0 saturated carbocycles. The Morgan fingerprint density at radius 1 is 1.19 bits per heavy atom. The first-order chi connectivity index (χ1) is 12.7. The van der Waals surface area contributed by atoms with Gasteiger partial charge in [-0.05, 0) is 35.7 Å². The maximum Gasteiger partial charge on any atom is 0.248 e. The second-order valence-electron chi connectivity index (χ2n) is 5.39. The van der Waals surface area contributed by atoms with E-state index in [1.807, 2.05) is 41.1 Å². The summed E-state index contributed by atoms with van der Waals surface area (Å²) in [5.41, 5.74) is 0.897. The van der Waals surface area contributed by atoms with E-state index in [9.17, 15) is 4.79 Å². The van der Waals surface area contributed by atoms with E-state index < -0.39 is 0 Å². The molecule has 2 heterocycles. The van der Waals surface area contributed by atoms with Crippen molar-refractivity contribution in [3.63, 3.8) is 0 Å². The van der Waals surface area contributed by atoms with E-state index in [4.69, 9.17) is 13.9 Å². The number of nitrogens with one attached hydrogen (secondary N) is 1. The van der Waals surface area contributed by atoms with Crippen LogP contribution in [0.1, 0.15) is 12.3 Å². The second kappa shape index (κ2) is 9.00. The highest BCUT2D eigenvalue weighted by Crippen LogP contribution is 2.20. The van der Waals surface area contributed by atoms with Crippen molar-refractivity contribution in [3.8, 4) is 23.0 Å². The molecule has 0 aliphatic carbocycles. The van der Waals surface area contributed by atoms with Gasteiger partial charge in [0.25, 0.3) is 0 Å². The quantitative estimate of drug-likeness (QED) is 0.581. The number of ether oxygens (including phenoxy) is 2. The molecule has 0 unspecified atom stereocenters. The summed E-state index contributed by atoms with van der Waals surface area (Å²) in [6.07, 6.45) is 0.691. The summed E-state index contributed by atoms with van der Waals surface area (Å²) >= 11 is 1.56. The Hall–Kier alpha value is -2.87. The number of rotatable bonds is 9. The Bertz CT molecular complexity index is 815. The number of carbonyl (C=O) groups excluding carboxylic acids is 1. The number of methoxy groups -OCH3 is 1. The molecule has 0 aliphatic rings. The third-order valence-corrected chi connectivity index (χ3v) is 4.24. The Morgan fingerprint density at radius 2 is 2.00 bits per heavy atom. The van der Waals surface area contributed by atoms with E-state index >= 15 is 0 Å². The van der Waals surface area contributed by atoms with Crippen molar-refractivity contribution in [1.82, 2.24) is 15.5 Å². The summed E-state index contributed by atoms with van der Waals surface area (Å²) in [6.45, 7) is 0.815. The number of aryl methyl sites for hydroxylation is 1. The highest BCUT2D eigenvalue weighted by molar-refractivity contribution is 7.08. The number of hydrogen-bond donors (Lipinski definition) is 1. The zero-order valence-corrected chi connectivity index (χ0v) is 15.1. The van der Waals surface area contributed by atoms with Gasteiger partial charge in [-0.15, -0.1) is 10.2 Å². The summed E-state index contributed by atoms with van der Waals surface area (Å²) in [5, 5.41) is 14.6. The lowest BCUT2D eigenvalue weighted by molar-refractivity contribution is -0.121. The summed E-state index contributed by atoms with van der Waals surface area (Å²) in [4.78, 5) is 11.9.